The first-order chi connectivity index (χ1) is 6.79. The third kappa shape index (κ3) is 2.72. The summed E-state index contributed by atoms with van der Waals surface area (Å²) in [7, 11) is 0. The molecule has 0 aliphatic rings. The standard InChI is InChI=1S/C11H17NO2/c1-2-7-14-11-6-4-3-5-9(11)10(12)8-13/h3-6,10,13H,2,7-8,12H2,1H3. The Balaban J connectivity index is 2.79. The van der Waals surface area contributed by atoms with Gasteiger partial charge in [0.25, 0.3) is 0 Å². The van der Waals surface area contributed by atoms with Gasteiger partial charge in [0.1, 0.15) is 5.75 Å². The minimum Gasteiger partial charge on any atom is -0.493 e. The van der Waals surface area contributed by atoms with Crippen LogP contribution in [0.3, 0.4) is 0 Å². The van der Waals surface area contributed by atoms with Crippen molar-refractivity contribution >= 4 is 0 Å². The maximum Gasteiger partial charge on any atom is 0.124 e. The highest BCUT2D eigenvalue weighted by molar-refractivity contribution is 5.35. The van der Waals surface area contributed by atoms with E-state index in [9.17, 15) is 0 Å². The molecule has 0 fully saturated rings. The number of rotatable bonds is 5. The van der Waals surface area contributed by atoms with E-state index in [1.807, 2.05) is 24.3 Å². The fourth-order valence-corrected chi connectivity index (χ4v) is 1.23. The van der Waals surface area contributed by atoms with Crippen molar-refractivity contribution in [2.75, 3.05) is 13.2 Å². The van der Waals surface area contributed by atoms with Gasteiger partial charge in [0, 0.05) is 5.56 Å². The second-order valence-electron chi connectivity index (χ2n) is 3.18. The Hall–Kier alpha value is -1.06. The highest BCUT2D eigenvalue weighted by Gasteiger charge is 2.09. The number of para-hydroxylation sites is 1. The average molecular weight is 195 g/mol. The van der Waals surface area contributed by atoms with E-state index in [0.717, 1.165) is 17.7 Å². The molecule has 3 nitrogen and oxygen atoms in total. The lowest BCUT2D eigenvalue weighted by Crippen LogP contribution is -2.15. The van der Waals surface area contributed by atoms with Gasteiger partial charge in [-0.2, -0.15) is 0 Å². The van der Waals surface area contributed by atoms with Crippen molar-refractivity contribution in [3.63, 3.8) is 0 Å². The maximum atomic E-state index is 8.96. The normalized spacial score (nSPS) is 12.5. The van der Waals surface area contributed by atoms with Crippen LogP contribution in [0.15, 0.2) is 24.3 Å². The molecule has 0 bridgehead atoms. The molecule has 1 rings (SSSR count). The second kappa shape index (κ2) is 5.62. The lowest BCUT2D eigenvalue weighted by atomic mass is 10.1. The van der Waals surface area contributed by atoms with Gasteiger partial charge >= 0.3 is 0 Å². The van der Waals surface area contributed by atoms with Crippen LogP contribution in [0, 0.1) is 0 Å². The molecule has 14 heavy (non-hydrogen) atoms. The van der Waals surface area contributed by atoms with E-state index in [-0.39, 0.29) is 12.6 Å². The van der Waals surface area contributed by atoms with Gasteiger partial charge in [0.15, 0.2) is 0 Å². The lowest BCUT2D eigenvalue weighted by Gasteiger charge is -2.14. The van der Waals surface area contributed by atoms with E-state index < -0.39 is 0 Å². The summed E-state index contributed by atoms with van der Waals surface area (Å²) in [5.74, 6) is 0.774. The van der Waals surface area contributed by atoms with Crippen molar-refractivity contribution < 1.29 is 9.84 Å². The van der Waals surface area contributed by atoms with Gasteiger partial charge in [-0.25, -0.2) is 0 Å². The van der Waals surface area contributed by atoms with Gasteiger partial charge in [-0.3, -0.25) is 0 Å². The fourth-order valence-electron chi connectivity index (χ4n) is 1.23. The quantitative estimate of drug-likeness (QED) is 0.748. The highest BCUT2D eigenvalue weighted by Crippen LogP contribution is 2.23. The Labute approximate surface area is 84.5 Å². The summed E-state index contributed by atoms with van der Waals surface area (Å²) in [5.41, 5.74) is 6.60. The molecule has 0 heterocycles. The summed E-state index contributed by atoms with van der Waals surface area (Å²) < 4.78 is 5.52. The first-order valence-electron chi connectivity index (χ1n) is 4.87. The zero-order valence-corrected chi connectivity index (χ0v) is 8.44. The van der Waals surface area contributed by atoms with Crippen molar-refractivity contribution in [3.8, 4) is 5.75 Å². The van der Waals surface area contributed by atoms with Gasteiger partial charge in [-0.15, -0.1) is 0 Å². The van der Waals surface area contributed by atoms with E-state index in [0.29, 0.717) is 6.61 Å². The van der Waals surface area contributed by atoms with E-state index in [1.165, 1.54) is 0 Å². The minimum atomic E-state index is -0.358. The number of nitrogens with two attached hydrogens (primary N) is 1. The molecule has 1 aromatic rings. The summed E-state index contributed by atoms with van der Waals surface area (Å²) in [4.78, 5) is 0. The molecule has 0 aliphatic carbocycles. The van der Waals surface area contributed by atoms with E-state index >= 15 is 0 Å². The Bertz CT molecular complexity index is 276. The van der Waals surface area contributed by atoms with Crippen LogP contribution in [0.25, 0.3) is 0 Å². The number of hydrogen-bond donors (Lipinski definition) is 2. The Morgan fingerprint density at radius 3 is 2.79 bits per heavy atom. The van der Waals surface area contributed by atoms with Crippen molar-refractivity contribution in [2.24, 2.45) is 5.73 Å². The minimum absolute atomic E-state index is 0.0630. The Morgan fingerprint density at radius 1 is 1.43 bits per heavy atom. The van der Waals surface area contributed by atoms with Crippen molar-refractivity contribution in [1.29, 1.82) is 0 Å². The van der Waals surface area contributed by atoms with Crippen LogP contribution in [0.2, 0.25) is 0 Å². The second-order valence-corrected chi connectivity index (χ2v) is 3.18. The molecule has 3 N–H and O–H groups in total. The van der Waals surface area contributed by atoms with Gasteiger partial charge < -0.3 is 15.6 Å². The Morgan fingerprint density at radius 2 is 2.14 bits per heavy atom. The molecule has 1 aromatic carbocycles. The molecule has 0 saturated carbocycles. The van der Waals surface area contributed by atoms with Gasteiger partial charge in [-0.05, 0) is 12.5 Å². The number of aliphatic hydroxyl groups excluding tert-OH is 1. The van der Waals surface area contributed by atoms with Crippen LogP contribution in [-0.2, 0) is 0 Å². The molecule has 78 valence electrons. The van der Waals surface area contributed by atoms with Crippen LogP contribution in [0.1, 0.15) is 24.9 Å². The summed E-state index contributed by atoms with van der Waals surface area (Å²) in [6.45, 7) is 2.66. The molecule has 1 unspecified atom stereocenters. The number of ether oxygens (including phenoxy) is 1. The fraction of sp³-hybridized carbons (Fsp3) is 0.455. The maximum absolute atomic E-state index is 8.96. The third-order valence-corrected chi connectivity index (χ3v) is 1.98. The van der Waals surface area contributed by atoms with Gasteiger partial charge in [0.2, 0.25) is 0 Å². The predicted octanol–water partition coefficient (Wildman–Crippen LogP) is 1.47. The lowest BCUT2D eigenvalue weighted by molar-refractivity contribution is 0.259. The van der Waals surface area contributed by atoms with E-state index in [4.69, 9.17) is 15.6 Å². The van der Waals surface area contributed by atoms with Crippen LogP contribution < -0.4 is 10.5 Å². The molecular weight excluding hydrogens is 178 g/mol. The van der Waals surface area contributed by atoms with Crippen LogP contribution in [-0.4, -0.2) is 18.3 Å². The van der Waals surface area contributed by atoms with Gasteiger partial charge in [0.05, 0.1) is 19.3 Å². The summed E-state index contributed by atoms with van der Waals surface area (Å²) in [6.07, 6.45) is 0.961. The van der Waals surface area contributed by atoms with Crippen molar-refractivity contribution in [1.82, 2.24) is 0 Å². The summed E-state index contributed by atoms with van der Waals surface area (Å²) in [5, 5.41) is 8.96. The van der Waals surface area contributed by atoms with Crippen LogP contribution in [0.4, 0.5) is 0 Å². The van der Waals surface area contributed by atoms with Crippen molar-refractivity contribution in [3.05, 3.63) is 29.8 Å². The Kier molecular flexibility index (Phi) is 4.43. The predicted molar refractivity (Wildman–Crippen MR) is 56.2 cm³/mol. The zero-order chi connectivity index (χ0) is 10.4. The molecular formula is C11H17NO2. The van der Waals surface area contributed by atoms with Crippen molar-refractivity contribution in [2.45, 2.75) is 19.4 Å². The molecule has 0 radical (unpaired) electrons. The molecule has 3 heteroatoms. The van der Waals surface area contributed by atoms with E-state index in [2.05, 4.69) is 6.92 Å². The number of aliphatic hydroxyl groups is 1. The van der Waals surface area contributed by atoms with E-state index in [1.54, 1.807) is 0 Å². The van der Waals surface area contributed by atoms with Gasteiger partial charge in [-0.1, -0.05) is 25.1 Å². The zero-order valence-electron chi connectivity index (χ0n) is 8.44. The number of hydrogen-bond acceptors (Lipinski definition) is 3. The number of benzene rings is 1. The first-order valence-corrected chi connectivity index (χ1v) is 4.87. The molecule has 0 aromatic heterocycles. The third-order valence-electron chi connectivity index (χ3n) is 1.98. The van der Waals surface area contributed by atoms with Crippen LogP contribution in [0.5, 0.6) is 5.75 Å². The molecule has 1 atom stereocenters. The van der Waals surface area contributed by atoms with Crippen LogP contribution >= 0.6 is 0 Å². The molecule has 0 spiro atoms. The summed E-state index contributed by atoms with van der Waals surface area (Å²) in [6, 6.07) is 7.19. The molecule has 0 aliphatic heterocycles. The monoisotopic (exact) mass is 195 g/mol. The average Bonchev–Trinajstić information content (AvgIpc) is 2.25. The topological polar surface area (TPSA) is 55.5 Å². The largest absolute Gasteiger partial charge is 0.493 e. The smallest absolute Gasteiger partial charge is 0.124 e. The highest BCUT2D eigenvalue weighted by atomic mass is 16.5. The first kappa shape index (κ1) is 11.0. The molecule has 0 saturated heterocycles. The molecule has 0 amide bonds. The SMILES string of the molecule is CCCOc1ccccc1C(N)CO. The summed E-state index contributed by atoms with van der Waals surface area (Å²) >= 11 is 0.